The molecule has 1 N–H and O–H groups in total. The van der Waals surface area contributed by atoms with E-state index in [1.54, 1.807) is 0 Å². The molecule has 74 valence electrons. The molecule has 0 unspecified atom stereocenters. The summed E-state index contributed by atoms with van der Waals surface area (Å²) < 4.78 is 0. The standard InChI is InChI=1S/C13H17N/c1-5-11-6-8(2)7-12-9(3)10(4)14-13(11)12/h6-7,14H,5H2,1-4H3. The second-order valence-corrected chi connectivity index (χ2v) is 4.08. The topological polar surface area (TPSA) is 15.8 Å². The fourth-order valence-corrected chi connectivity index (χ4v) is 2.07. The molecule has 0 fully saturated rings. The smallest absolute Gasteiger partial charge is 0.0491 e. The van der Waals surface area contributed by atoms with Crippen LogP contribution in [0.4, 0.5) is 0 Å². The van der Waals surface area contributed by atoms with E-state index in [4.69, 9.17) is 0 Å². The minimum Gasteiger partial charge on any atom is -0.358 e. The lowest BCUT2D eigenvalue weighted by atomic mass is 10.0. The molecule has 0 amide bonds. The minimum atomic E-state index is 1.09. The van der Waals surface area contributed by atoms with Crippen LogP contribution in [-0.4, -0.2) is 4.98 Å². The molecule has 0 aliphatic rings. The molecule has 1 nitrogen and oxygen atoms in total. The molecular formula is C13H17N. The van der Waals surface area contributed by atoms with Crippen LogP contribution >= 0.6 is 0 Å². The molecule has 1 heteroatoms. The molecule has 0 aliphatic heterocycles. The van der Waals surface area contributed by atoms with E-state index in [-0.39, 0.29) is 0 Å². The second-order valence-electron chi connectivity index (χ2n) is 4.08. The van der Waals surface area contributed by atoms with Gasteiger partial charge in [0.15, 0.2) is 0 Å². The summed E-state index contributed by atoms with van der Waals surface area (Å²) in [5, 5.41) is 1.39. The normalized spacial score (nSPS) is 11.1. The second kappa shape index (κ2) is 3.16. The van der Waals surface area contributed by atoms with E-state index in [1.807, 2.05) is 0 Å². The predicted molar refractivity (Wildman–Crippen MR) is 61.9 cm³/mol. The maximum atomic E-state index is 3.47. The van der Waals surface area contributed by atoms with Gasteiger partial charge in [0.1, 0.15) is 0 Å². The Hall–Kier alpha value is -1.24. The third-order valence-electron chi connectivity index (χ3n) is 3.02. The zero-order chi connectivity index (χ0) is 10.3. The van der Waals surface area contributed by atoms with Gasteiger partial charge in [-0.25, -0.2) is 0 Å². The summed E-state index contributed by atoms with van der Waals surface area (Å²) >= 11 is 0. The van der Waals surface area contributed by atoms with Crippen LogP contribution in [0.2, 0.25) is 0 Å². The number of hydrogen-bond donors (Lipinski definition) is 1. The van der Waals surface area contributed by atoms with E-state index in [0.29, 0.717) is 0 Å². The first kappa shape index (κ1) is 9.32. The molecule has 0 saturated heterocycles. The Kier molecular flexibility index (Phi) is 2.10. The Morgan fingerprint density at radius 1 is 1.14 bits per heavy atom. The number of aromatic amines is 1. The summed E-state index contributed by atoms with van der Waals surface area (Å²) in [4.78, 5) is 3.47. The number of hydrogen-bond acceptors (Lipinski definition) is 0. The van der Waals surface area contributed by atoms with Gasteiger partial charge in [-0.05, 0) is 44.4 Å². The van der Waals surface area contributed by atoms with E-state index in [0.717, 1.165) is 6.42 Å². The summed E-state index contributed by atoms with van der Waals surface area (Å²) in [5.41, 5.74) is 6.79. The molecule has 1 aromatic heterocycles. The van der Waals surface area contributed by atoms with Crippen molar-refractivity contribution in [2.24, 2.45) is 0 Å². The molecule has 1 heterocycles. The van der Waals surface area contributed by atoms with E-state index in [1.165, 1.54) is 33.3 Å². The van der Waals surface area contributed by atoms with Crippen LogP contribution in [0, 0.1) is 20.8 Å². The van der Waals surface area contributed by atoms with Crippen LogP contribution in [0.15, 0.2) is 12.1 Å². The first-order valence-electron chi connectivity index (χ1n) is 5.22. The number of H-pyrrole nitrogens is 1. The SMILES string of the molecule is CCc1cc(C)cc2c(C)c(C)[nH]c12. The van der Waals surface area contributed by atoms with Crippen LogP contribution < -0.4 is 0 Å². The summed E-state index contributed by atoms with van der Waals surface area (Å²) in [7, 11) is 0. The van der Waals surface area contributed by atoms with Gasteiger partial charge in [-0.1, -0.05) is 18.6 Å². The van der Waals surface area contributed by atoms with Gasteiger partial charge in [0.2, 0.25) is 0 Å². The Balaban J connectivity index is 2.87. The molecule has 0 radical (unpaired) electrons. The van der Waals surface area contributed by atoms with Gasteiger partial charge in [0.05, 0.1) is 0 Å². The van der Waals surface area contributed by atoms with Gasteiger partial charge in [-0.15, -0.1) is 0 Å². The number of nitrogens with one attached hydrogen (secondary N) is 1. The fourth-order valence-electron chi connectivity index (χ4n) is 2.07. The average molecular weight is 187 g/mol. The van der Waals surface area contributed by atoms with Crippen molar-refractivity contribution in [1.29, 1.82) is 0 Å². The van der Waals surface area contributed by atoms with Gasteiger partial charge in [0.25, 0.3) is 0 Å². The highest BCUT2D eigenvalue weighted by Crippen LogP contribution is 2.26. The third kappa shape index (κ3) is 1.24. The number of rotatable bonds is 1. The first-order chi connectivity index (χ1) is 6.63. The van der Waals surface area contributed by atoms with Crippen molar-refractivity contribution in [3.05, 3.63) is 34.5 Å². The molecule has 14 heavy (non-hydrogen) atoms. The van der Waals surface area contributed by atoms with Crippen LogP contribution in [-0.2, 0) is 6.42 Å². The maximum Gasteiger partial charge on any atom is 0.0491 e. The zero-order valence-electron chi connectivity index (χ0n) is 9.36. The van der Waals surface area contributed by atoms with Gasteiger partial charge in [-0.3, -0.25) is 0 Å². The summed E-state index contributed by atoms with van der Waals surface area (Å²) in [6, 6.07) is 4.55. The molecule has 0 bridgehead atoms. The Morgan fingerprint density at radius 3 is 2.50 bits per heavy atom. The van der Waals surface area contributed by atoms with Crippen molar-refractivity contribution < 1.29 is 0 Å². The quantitative estimate of drug-likeness (QED) is 0.701. The highest BCUT2D eigenvalue weighted by Gasteiger charge is 2.07. The molecular weight excluding hydrogens is 170 g/mol. The van der Waals surface area contributed by atoms with E-state index < -0.39 is 0 Å². The van der Waals surface area contributed by atoms with Crippen LogP contribution in [0.25, 0.3) is 10.9 Å². The fraction of sp³-hybridized carbons (Fsp3) is 0.385. The van der Waals surface area contributed by atoms with Crippen molar-refractivity contribution in [1.82, 2.24) is 4.98 Å². The molecule has 0 atom stereocenters. The van der Waals surface area contributed by atoms with Crippen molar-refractivity contribution in [2.45, 2.75) is 34.1 Å². The Bertz CT molecular complexity index is 477. The Morgan fingerprint density at radius 2 is 1.86 bits per heavy atom. The van der Waals surface area contributed by atoms with Gasteiger partial charge in [0, 0.05) is 16.6 Å². The third-order valence-corrected chi connectivity index (χ3v) is 3.02. The lowest BCUT2D eigenvalue weighted by molar-refractivity contribution is 1.14. The van der Waals surface area contributed by atoms with Crippen LogP contribution in [0.3, 0.4) is 0 Å². The number of aromatic nitrogens is 1. The highest BCUT2D eigenvalue weighted by molar-refractivity contribution is 5.87. The lowest BCUT2D eigenvalue weighted by Gasteiger charge is -2.02. The molecule has 0 spiro atoms. The van der Waals surface area contributed by atoms with Crippen LogP contribution in [0.1, 0.15) is 29.3 Å². The van der Waals surface area contributed by atoms with E-state index in [9.17, 15) is 0 Å². The number of benzene rings is 1. The van der Waals surface area contributed by atoms with Crippen LogP contribution in [0.5, 0.6) is 0 Å². The zero-order valence-corrected chi connectivity index (χ0v) is 9.36. The molecule has 2 aromatic rings. The molecule has 0 aliphatic carbocycles. The number of aryl methyl sites for hydroxylation is 4. The summed E-state index contributed by atoms with van der Waals surface area (Å²) in [6.45, 7) is 8.71. The predicted octanol–water partition coefficient (Wildman–Crippen LogP) is 3.66. The summed E-state index contributed by atoms with van der Waals surface area (Å²) in [6.07, 6.45) is 1.09. The largest absolute Gasteiger partial charge is 0.358 e. The van der Waals surface area contributed by atoms with Crippen molar-refractivity contribution >= 4 is 10.9 Å². The molecule has 0 saturated carbocycles. The maximum absolute atomic E-state index is 3.47. The number of fused-ring (bicyclic) bond motifs is 1. The highest BCUT2D eigenvalue weighted by atomic mass is 14.7. The van der Waals surface area contributed by atoms with Crippen molar-refractivity contribution in [2.75, 3.05) is 0 Å². The lowest BCUT2D eigenvalue weighted by Crippen LogP contribution is -1.85. The Labute approximate surface area is 85.1 Å². The first-order valence-corrected chi connectivity index (χ1v) is 5.22. The van der Waals surface area contributed by atoms with E-state index in [2.05, 4.69) is 44.8 Å². The summed E-state index contributed by atoms with van der Waals surface area (Å²) in [5.74, 6) is 0. The molecule has 2 rings (SSSR count). The molecule has 1 aromatic carbocycles. The van der Waals surface area contributed by atoms with Crippen molar-refractivity contribution in [3.63, 3.8) is 0 Å². The minimum absolute atomic E-state index is 1.09. The monoisotopic (exact) mass is 187 g/mol. The average Bonchev–Trinajstić information content (AvgIpc) is 2.43. The van der Waals surface area contributed by atoms with Gasteiger partial charge < -0.3 is 4.98 Å². The van der Waals surface area contributed by atoms with Crippen molar-refractivity contribution in [3.8, 4) is 0 Å². The van der Waals surface area contributed by atoms with Gasteiger partial charge in [-0.2, -0.15) is 0 Å². The van der Waals surface area contributed by atoms with E-state index >= 15 is 0 Å². The van der Waals surface area contributed by atoms with Gasteiger partial charge >= 0.3 is 0 Å².